The van der Waals surface area contributed by atoms with Crippen LogP contribution in [0.2, 0.25) is 0 Å². The monoisotopic (exact) mass is 312 g/mol. The van der Waals surface area contributed by atoms with E-state index >= 15 is 0 Å². The molecular weight excluding hydrogens is 287 g/mol. The maximum absolute atomic E-state index is 11.9. The van der Waals surface area contributed by atoms with Crippen molar-refractivity contribution in [3.63, 3.8) is 0 Å². The van der Waals surface area contributed by atoms with Crippen LogP contribution >= 0.6 is 0 Å². The van der Waals surface area contributed by atoms with Gasteiger partial charge in [-0.15, -0.1) is 0 Å². The minimum Gasteiger partial charge on any atom is -0.399 e. The van der Waals surface area contributed by atoms with Crippen molar-refractivity contribution < 1.29 is 17.7 Å². The van der Waals surface area contributed by atoms with Crippen molar-refractivity contribution in [2.75, 3.05) is 6.26 Å². The Morgan fingerprint density at radius 3 is 1.81 bits per heavy atom. The first-order valence-electron chi connectivity index (χ1n) is 6.89. The van der Waals surface area contributed by atoms with Gasteiger partial charge in [0.05, 0.1) is 16.1 Å². The zero-order valence-corrected chi connectivity index (χ0v) is 14.8. The van der Waals surface area contributed by atoms with Gasteiger partial charge < -0.3 is 9.31 Å². The number of sulfone groups is 1. The van der Waals surface area contributed by atoms with Crippen LogP contribution in [0.3, 0.4) is 0 Å². The van der Waals surface area contributed by atoms with Gasteiger partial charge in [0.2, 0.25) is 0 Å². The Balaban J connectivity index is 3.26. The lowest BCUT2D eigenvalue weighted by Gasteiger charge is -2.32. The molecule has 1 aliphatic heterocycles. The van der Waals surface area contributed by atoms with Crippen LogP contribution in [0.15, 0.2) is 34.7 Å². The fourth-order valence-corrected chi connectivity index (χ4v) is 3.07. The molecule has 0 N–H and O–H groups in total. The van der Waals surface area contributed by atoms with Crippen LogP contribution in [0.5, 0.6) is 0 Å². The van der Waals surface area contributed by atoms with E-state index in [1.54, 1.807) is 26.0 Å². The Bertz CT molecular complexity index is 577. The first-order valence-corrected chi connectivity index (χ1v) is 8.78. The van der Waals surface area contributed by atoms with Crippen LogP contribution in [0, 0.1) is 0 Å². The Kier molecular flexibility index (Phi) is 4.98. The highest BCUT2D eigenvalue weighted by Crippen LogP contribution is 2.39. The molecule has 0 aromatic heterocycles. The summed E-state index contributed by atoms with van der Waals surface area (Å²) in [5, 5.41) is 0. The van der Waals surface area contributed by atoms with Crippen LogP contribution in [0.25, 0.3) is 0 Å². The highest BCUT2D eigenvalue weighted by molar-refractivity contribution is 7.94. The molecular formula is C15H25BO4S. The molecule has 1 aliphatic rings. The molecule has 1 fully saturated rings. The Morgan fingerprint density at radius 1 is 1.10 bits per heavy atom. The second-order valence-corrected chi connectivity index (χ2v) is 8.56. The molecule has 21 heavy (non-hydrogen) atoms. The standard InChI is InChI=1S/C15H25BO4S/c1-9-12(10-13(11(2)3)21(8,17)18)16-19-14(4,5)15(6,7)20-16/h9-10H,1H2,2-8H3. The quantitative estimate of drug-likeness (QED) is 0.591. The van der Waals surface area contributed by atoms with Gasteiger partial charge in [-0.3, -0.25) is 0 Å². The van der Waals surface area contributed by atoms with Crippen molar-refractivity contribution in [2.24, 2.45) is 0 Å². The maximum atomic E-state index is 11.9. The van der Waals surface area contributed by atoms with Gasteiger partial charge in [-0.2, -0.15) is 0 Å². The highest BCUT2D eigenvalue weighted by Gasteiger charge is 2.52. The number of rotatable bonds is 4. The van der Waals surface area contributed by atoms with E-state index in [0.29, 0.717) is 11.0 Å². The molecule has 0 bridgehead atoms. The summed E-state index contributed by atoms with van der Waals surface area (Å²) < 4.78 is 35.6. The van der Waals surface area contributed by atoms with Gasteiger partial charge in [0.15, 0.2) is 9.84 Å². The normalized spacial score (nSPS) is 21.3. The predicted molar refractivity (Wildman–Crippen MR) is 87.6 cm³/mol. The Hall–Kier alpha value is -0.845. The molecule has 0 aliphatic carbocycles. The highest BCUT2D eigenvalue weighted by atomic mass is 32.2. The van der Waals surface area contributed by atoms with Crippen LogP contribution in [0.1, 0.15) is 41.5 Å². The number of allylic oxidation sites excluding steroid dienone is 4. The average molecular weight is 312 g/mol. The first-order chi connectivity index (χ1) is 9.32. The largest absolute Gasteiger partial charge is 0.494 e. The van der Waals surface area contributed by atoms with Gasteiger partial charge in [-0.1, -0.05) is 18.2 Å². The van der Waals surface area contributed by atoms with Crippen molar-refractivity contribution >= 4 is 17.0 Å². The lowest BCUT2D eigenvalue weighted by Crippen LogP contribution is -2.41. The van der Waals surface area contributed by atoms with E-state index < -0.39 is 28.2 Å². The van der Waals surface area contributed by atoms with Crippen molar-refractivity contribution in [3.05, 3.63) is 34.7 Å². The van der Waals surface area contributed by atoms with Crippen molar-refractivity contribution in [1.29, 1.82) is 0 Å². The SMILES string of the molecule is C=CC(=CC(=C(C)C)S(C)(=O)=O)B1OC(C)(C)C(C)(C)O1. The van der Waals surface area contributed by atoms with E-state index in [4.69, 9.17) is 9.31 Å². The summed E-state index contributed by atoms with van der Waals surface area (Å²) >= 11 is 0. The minimum absolute atomic E-state index is 0.270. The molecule has 0 spiro atoms. The van der Waals surface area contributed by atoms with E-state index in [2.05, 4.69) is 6.58 Å². The number of hydrogen-bond acceptors (Lipinski definition) is 4. The van der Waals surface area contributed by atoms with E-state index in [1.807, 2.05) is 27.7 Å². The van der Waals surface area contributed by atoms with E-state index in [0.717, 1.165) is 0 Å². The third-order valence-electron chi connectivity index (χ3n) is 3.95. The van der Waals surface area contributed by atoms with Gasteiger partial charge in [0, 0.05) is 6.26 Å². The van der Waals surface area contributed by atoms with Crippen LogP contribution in [-0.2, 0) is 19.1 Å². The fraction of sp³-hybridized carbons (Fsp3) is 0.600. The lowest BCUT2D eigenvalue weighted by atomic mass is 9.78. The molecule has 0 saturated carbocycles. The Labute approximate surface area is 129 Å². The third kappa shape index (κ3) is 3.87. The second kappa shape index (κ2) is 5.74. The van der Waals surface area contributed by atoms with E-state index in [1.165, 1.54) is 6.26 Å². The van der Waals surface area contributed by atoms with Gasteiger partial charge in [0.25, 0.3) is 0 Å². The zero-order chi connectivity index (χ0) is 16.6. The molecule has 6 heteroatoms. The van der Waals surface area contributed by atoms with E-state index in [9.17, 15) is 8.42 Å². The molecule has 0 unspecified atom stereocenters. The van der Waals surface area contributed by atoms with Crippen molar-refractivity contribution in [1.82, 2.24) is 0 Å². The molecule has 0 amide bonds. The molecule has 0 aromatic rings. The lowest BCUT2D eigenvalue weighted by molar-refractivity contribution is 0.00578. The van der Waals surface area contributed by atoms with Gasteiger partial charge in [-0.05, 0) is 53.1 Å². The molecule has 118 valence electrons. The summed E-state index contributed by atoms with van der Waals surface area (Å²) in [6.07, 6.45) is 4.35. The van der Waals surface area contributed by atoms with Gasteiger partial charge in [0.1, 0.15) is 0 Å². The Morgan fingerprint density at radius 2 is 1.52 bits per heavy atom. The van der Waals surface area contributed by atoms with Crippen molar-refractivity contribution in [2.45, 2.75) is 52.7 Å². The topological polar surface area (TPSA) is 52.6 Å². The minimum atomic E-state index is -3.31. The molecule has 4 nitrogen and oxygen atoms in total. The molecule has 0 atom stereocenters. The molecule has 1 heterocycles. The third-order valence-corrected chi connectivity index (χ3v) is 5.28. The van der Waals surface area contributed by atoms with Crippen LogP contribution in [0.4, 0.5) is 0 Å². The summed E-state index contributed by atoms with van der Waals surface area (Å²) in [5.41, 5.74) is 0.370. The predicted octanol–water partition coefficient (Wildman–Crippen LogP) is 3.07. The summed E-state index contributed by atoms with van der Waals surface area (Å²) in [4.78, 5) is 0.270. The van der Waals surface area contributed by atoms with E-state index in [-0.39, 0.29) is 4.91 Å². The second-order valence-electron chi connectivity index (χ2n) is 6.57. The summed E-state index contributed by atoms with van der Waals surface area (Å²) in [7, 11) is -3.93. The van der Waals surface area contributed by atoms with Crippen LogP contribution < -0.4 is 0 Å². The van der Waals surface area contributed by atoms with Crippen molar-refractivity contribution in [3.8, 4) is 0 Å². The summed E-state index contributed by atoms with van der Waals surface area (Å²) in [6, 6.07) is 0. The number of hydrogen-bond donors (Lipinski definition) is 0. The summed E-state index contributed by atoms with van der Waals surface area (Å²) in [5.74, 6) is 0. The smallest absolute Gasteiger partial charge is 0.399 e. The molecule has 1 rings (SSSR count). The average Bonchev–Trinajstić information content (AvgIpc) is 2.46. The van der Waals surface area contributed by atoms with Crippen LogP contribution in [-0.4, -0.2) is 33.0 Å². The zero-order valence-electron chi connectivity index (χ0n) is 14.0. The van der Waals surface area contributed by atoms with Gasteiger partial charge >= 0.3 is 7.12 Å². The maximum Gasteiger partial charge on any atom is 0.494 e. The molecule has 1 saturated heterocycles. The summed E-state index contributed by atoms with van der Waals surface area (Å²) in [6.45, 7) is 15.1. The van der Waals surface area contributed by atoms with Gasteiger partial charge in [-0.25, -0.2) is 8.42 Å². The molecule has 0 aromatic carbocycles. The fourth-order valence-electron chi connectivity index (χ4n) is 1.98. The first kappa shape index (κ1) is 18.2. The molecule has 0 radical (unpaired) electrons.